The minimum atomic E-state index is -3.65. The summed E-state index contributed by atoms with van der Waals surface area (Å²) < 4.78 is 29.1. The lowest BCUT2D eigenvalue weighted by atomic mass is 9.92. The Morgan fingerprint density at radius 3 is 2.47 bits per heavy atom. The van der Waals surface area contributed by atoms with Crippen LogP contribution >= 0.6 is 0 Å². The molecule has 3 heterocycles. The van der Waals surface area contributed by atoms with Crippen molar-refractivity contribution >= 4 is 26.8 Å². The van der Waals surface area contributed by atoms with Gasteiger partial charge < -0.3 is 14.8 Å². The number of carbonyl (C=O) groups is 1. The van der Waals surface area contributed by atoms with Crippen molar-refractivity contribution in [2.45, 2.75) is 44.4 Å². The van der Waals surface area contributed by atoms with Gasteiger partial charge >= 0.3 is 0 Å². The first-order chi connectivity index (χ1) is 16.2. The van der Waals surface area contributed by atoms with Crippen LogP contribution in [0, 0.1) is 11.8 Å². The molecule has 1 N–H and O–H groups in total. The molecule has 2 aliphatic rings. The highest BCUT2D eigenvalue weighted by atomic mass is 32.2. The zero-order chi connectivity index (χ0) is 24.5. The van der Waals surface area contributed by atoms with Crippen LogP contribution < -0.4 is 10.7 Å². The second kappa shape index (κ2) is 10.2. The number of hydrogen-bond donors (Lipinski definition) is 1. The molecule has 0 radical (unpaired) electrons. The summed E-state index contributed by atoms with van der Waals surface area (Å²) in [6.45, 7) is 9.14. The lowest BCUT2D eigenvalue weighted by Gasteiger charge is -2.34. The molecule has 2 saturated heterocycles. The van der Waals surface area contributed by atoms with E-state index in [4.69, 9.17) is 0 Å². The number of nitrogens with one attached hydrogen (secondary N) is 1. The van der Waals surface area contributed by atoms with Crippen LogP contribution in [0.25, 0.3) is 10.9 Å². The summed E-state index contributed by atoms with van der Waals surface area (Å²) in [5.41, 5.74) is 0.184. The zero-order valence-corrected chi connectivity index (χ0v) is 21.2. The van der Waals surface area contributed by atoms with E-state index in [1.165, 1.54) is 29.1 Å². The molecule has 0 unspecified atom stereocenters. The van der Waals surface area contributed by atoms with Gasteiger partial charge in [-0.1, -0.05) is 13.8 Å². The van der Waals surface area contributed by atoms with Crippen LogP contribution in [-0.2, 0) is 17.1 Å². The molecule has 0 spiro atoms. The lowest BCUT2D eigenvalue weighted by Crippen LogP contribution is -2.40. The van der Waals surface area contributed by atoms with Crippen LogP contribution in [0.2, 0.25) is 0 Å². The van der Waals surface area contributed by atoms with Gasteiger partial charge in [-0.05, 0) is 62.3 Å². The average molecular weight is 489 g/mol. The zero-order valence-electron chi connectivity index (χ0n) is 20.4. The molecule has 1 aromatic carbocycles. The first-order valence-corrected chi connectivity index (χ1v) is 13.7. The fourth-order valence-electron chi connectivity index (χ4n) is 5.45. The molecule has 0 aliphatic carbocycles. The Balaban J connectivity index is 1.48. The van der Waals surface area contributed by atoms with Crippen molar-refractivity contribution in [2.24, 2.45) is 18.9 Å². The Bertz CT molecular complexity index is 1210. The van der Waals surface area contributed by atoms with Crippen molar-refractivity contribution < 1.29 is 13.2 Å². The second-order valence-corrected chi connectivity index (χ2v) is 12.0. The second-order valence-electron chi connectivity index (χ2n) is 10.1. The Morgan fingerprint density at radius 1 is 1.12 bits per heavy atom. The first-order valence-electron chi connectivity index (χ1n) is 12.3. The fraction of sp³-hybridized carbons (Fsp3) is 0.600. The molecule has 2 atom stereocenters. The van der Waals surface area contributed by atoms with Crippen LogP contribution in [0.4, 0.5) is 0 Å². The highest BCUT2D eigenvalue weighted by Gasteiger charge is 2.28. The summed E-state index contributed by atoms with van der Waals surface area (Å²) in [4.78, 5) is 28.6. The molecule has 0 saturated carbocycles. The van der Waals surface area contributed by atoms with Crippen LogP contribution in [0.15, 0.2) is 34.1 Å². The number of likely N-dealkylation sites (tertiary alicyclic amines) is 1. The molecule has 186 valence electrons. The van der Waals surface area contributed by atoms with E-state index in [0.717, 1.165) is 38.9 Å². The highest BCUT2D eigenvalue weighted by Crippen LogP contribution is 2.24. The van der Waals surface area contributed by atoms with Gasteiger partial charge in [0.25, 0.3) is 5.91 Å². The average Bonchev–Trinajstić information content (AvgIpc) is 3.34. The number of piperidine rings is 1. The molecule has 1 aromatic heterocycles. The number of fused-ring (bicyclic) bond motifs is 1. The van der Waals surface area contributed by atoms with Gasteiger partial charge in [-0.25, -0.2) is 8.42 Å². The minimum absolute atomic E-state index is 0.0333. The van der Waals surface area contributed by atoms with Gasteiger partial charge in [0.2, 0.25) is 15.5 Å². The van der Waals surface area contributed by atoms with E-state index in [2.05, 4.69) is 24.1 Å². The number of amides is 1. The quantitative estimate of drug-likeness (QED) is 0.605. The van der Waals surface area contributed by atoms with E-state index in [9.17, 15) is 18.0 Å². The van der Waals surface area contributed by atoms with Crippen LogP contribution in [0.5, 0.6) is 0 Å². The Morgan fingerprint density at radius 2 is 1.79 bits per heavy atom. The first kappa shape index (κ1) is 24.9. The maximum absolute atomic E-state index is 13.2. The van der Waals surface area contributed by atoms with E-state index in [-0.39, 0.29) is 15.8 Å². The van der Waals surface area contributed by atoms with Crippen molar-refractivity contribution in [3.8, 4) is 0 Å². The van der Waals surface area contributed by atoms with Gasteiger partial charge in [-0.15, -0.1) is 0 Å². The van der Waals surface area contributed by atoms with Gasteiger partial charge in [-0.2, -0.15) is 4.31 Å². The number of hydrogen-bond acceptors (Lipinski definition) is 5. The third kappa shape index (κ3) is 5.21. The van der Waals surface area contributed by atoms with Crippen LogP contribution in [0.1, 0.15) is 49.9 Å². The van der Waals surface area contributed by atoms with Crippen molar-refractivity contribution in [3.05, 3.63) is 40.2 Å². The molecule has 2 aliphatic heterocycles. The standard InChI is InChI=1S/C25H36N4O4S/c1-18-13-19(2)16-28(15-18)10-6-9-26-25(31)22-17-27(3)23-8-7-20(14-21(23)24(22)30)34(32,33)29-11-4-5-12-29/h7-8,14,17-19H,4-6,9-13,15-16H2,1-3H3,(H,26,31)/t18-,19+. The molecule has 2 fully saturated rings. The van der Waals surface area contributed by atoms with E-state index >= 15 is 0 Å². The summed E-state index contributed by atoms with van der Waals surface area (Å²) in [6.07, 6.45) is 5.29. The smallest absolute Gasteiger partial charge is 0.256 e. The summed E-state index contributed by atoms with van der Waals surface area (Å²) in [5.74, 6) is 0.965. The maximum Gasteiger partial charge on any atom is 0.256 e. The van der Waals surface area contributed by atoms with E-state index < -0.39 is 21.4 Å². The van der Waals surface area contributed by atoms with Crippen molar-refractivity contribution in [1.29, 1.82) is 0 Å². The highest BCUT2D eigenvalue weighted by molar-refractivity contribution is 7.89. The molecule has 1 amide bonds. The number of pyridine rings is 1. The van der Waals surface area contributed by atoms with E-state index in [1.807, 2.05) is 0 Å². The SMILES string of the molecule is C[C@@H]1C[C@H](C)CN(CCCNC(=O)c2cn(C)c3ccc(S(=O)(=O)N4CCCC4)cc3c2=O)C1. The van der Waals surface area contributed by atoms with Gasteiger partial charge in [0.1, 0.15) is 5.56 Å². The van der Waals surface area contributed by atoms with E-state index in [1.54, 1.807) is 17.7 Å². The van der Waals surface area contributed by atoms with Crippen LogP contribution in [0.3, 0.4) is 0 Å². The number of sulfonamides is 1. The fourth-order valence-corrected chi connectivity index (χ4v) is 6.99. The third-order valence-electron chi connectivity index (χ3n) is 6.99. The molecule has 4 rings (SSSR count). The van der Waals surface area contributed by atoms with Gasteiger partial charge in [0, 0.05) is 51.4 Å². The Hall–Kier alpha value is -2.23. The van der Waals surface area contributed by atoms with E-state index in [0.29, 0.717) is 37.0 Å². The summed E-state index contributed by atoms with van der Waals surface area (Å²) in [6, 6.07) is 4.60. The predicted molar refractivity (Wildman–Crippen MR) is 134 cm³/mol. The molecular formula is C25H36N4O4S. The van der Waals surface area contributed by atoms with Gasteiger partial charge in [0.15, 0.2) is 0 Å². The molecule has 8 nitrogen and oxygen atoms in total. The maximum atomic E-state index is 13.2. The van der Waals surface area contributed by atoms with Gasteiger partial charge in [0.05, 0.1) is 10.4 Å². The Labute approximate surface area is 202 Å². The minimum Gasteiger partial charge on any atom is -0.352 e. The monoisotopic (exact) mass is 488 g/mol. The largest absolute Gasteiger partial charge is 0.352 e. The van der Waals surface area contributed by atoms with Crippen molar-refractivity contribution in [1.82, 2.24) is 19.1 Å². The molecule has 34 heavy (non-hydrogen) atoms. The molecule has 0 bridgehead atoms. The molecule has 9 heteroatoms. The summed E-state index contributed by atoms with van der Waals surface area (Å²) in [7, 11) is -1.89. The molecular weight excluding hydrogens is 452 g/mol. The number of aromatic nitrogens is 1. The third-order valence-corrected chi connectivity index (χ3v) is 8.88. The number of nitrogens with zero attached hydrogens (tertiary/aromatic N) is 3. The van der Waals surface area contributed by atoms with Crippen LogP contribution in [-0.4, -0.2) is 67.4 Å². The van der Waals surface area contributed by atoms with Crippen molar-refractivity contribution in [2.75, 3.05) is 39.3 Å². The topological polar surface area (TPSA) is 91.7 Å². The van der Waals surface area contributed by atoms with Gasteiger partial charge in [-0.3, -0.25) is 9.59 Å². The Kier molecular flexibility index (Phi) is 7.45. The summed E-state index contributed by atoms with van der Waals surface area (Å²) in [5, 5.41) is 3.12. The normalized spacial score (nSPS) is 22.3. The lowest BCUT2D eigenvalue weighted by molar-refractivity contribution is 0.0945. The number of benzene rings is 1. The molecule has 2 aromatic rings. The number of rotatable bonds is 7. The number of aryl methyl sites for hydroxylation is 1. The predicted octanol–water partition coefficient (Wildman–Crippen LogP) is 2.42. The summed E-state index contributed by atoms with van der Waals surface area (Å²) >= 11 is 0. The van der Waals surface area contributed by atoms with Crippen molar-refractivity contribution in [3.63, 3.8) is 0 Å². The number of carbonyl (C=O) groups excluding carboxylic acids is 1.